The molecule has 2 fully saturated rings. The van der Waals surface area contributed by atoms with Crippen LogP contribution in [0.5, 0.6) is 0 Å². The Labute approximate surface area is 117 Å². The molecule has 0 aromatic rings. The van der Waals surface area contributed by atoms with Crippen molar-refractivity contribution >= 4 is 0 Å². The zero-order valence-corrected chi connectivity index (χ0v) is 12.6. The van der Waals surface area contributed by atoms with E-state index in [2.05, 4.69) is 17.1 Å². The second kappa shape index (κ2) is 7.58. The third kappa shape index (κ3) is 5.03. The monoisotopic (exact) mass is 270 g/mol. The van der Waals surface area contributed by atoms with Gasteiger partial charge in [0.15, 0.2) is 0 Å². The van der Waals surface area contributed by atoms with Crippen LogP contribution in [0.1, 0.15) is 32.6 Å². The summed E-state index contributed by atoms with van der Waals surface area (Å²) in [6, 6.07) is 0. The van der Waals surface area contributed by atoms with E-state index in [9.17, 15) is 0 Å². The summed E-state index contributed by atoms with van der Waals surface area (Å²) in [7, 11) is 1.71. The lowest BCUT2D eigenvalue weighted by atomic mass is 9.95. The molecule has 1 atom stereocenters. The molecule has 1 saturated carbocycles. The van der Waals surface area contributed by atoms with Crippen LogP contribution in [0, 0.1) is 5.92 Å². The molecular weight excluding hydrogens is 240 g/mol. The summed E-state index contributed by atoms with van der Waals surface area (Å²) >= 11 is 0. The lowest BCUT2D eigenvalue weighted by Gasteiger charge is -2.34. The summed E-state index contributed by atoms with van der Waals surface area (Å²) in [6.45, 7) is 9.46. The van der Waals surface area contributed by atoms with Crippen molar-refractivity contribution in [2.24, 2.45) is 5.92 Å². The van der Waals surface area contributed by atoms with Crippen molar-refractivity contribution in [2.75, 3.05) is 53.1 Å². The Bertz CT molecular complexity index is 259. The summed E-state index contributed by atoms with van der Waals surface area (Å²) < 4.78 is 10.5. The average molecular weight is 270 g/mol. The van der Waals surface area contributed by atoms with Gasteiger partial charge in [0.1, 0.15) is 0 Å². The summed E-state index contributed by atoms with van der Waals surface area (Å²) in [5.41, 5.74) is 0.355. The molecule has 0 amide bonds. The average Bonchev–Trinajstić information content (AvgIpc) is 3.21. The van der Waals surface area contributed by atoms with Crippen molar-refractivity contribution in [1.29, 1.82) is 0 Å². The molecule has 4 heteroatoms. The maximum Gasteiger partial charge on any atom is 0.0700 e. The second-order valence-electron chi connectivity index (χ2n) is 6.21. The van der Waals surface area contributed by atoms with Gasteiger partial charge in [0.2, 0.25) is 0 Å². The quantitative estimate of drug-likeness (QED) is 0.678. The molecule has 0 aromatic carbocycles. The van der Waals surface area contributed by atoms with E-state index in [1.165, 1.54) is 38.9 Å². The van der Waals surface area contributed by atoms with E-state index >= 15 is 0 Å². The lowest BCUT2D eigenvalue weighted by molar-refractivity contribution is 0.0641. The minimum atomic E-state index is 0.355. The van der Waals surface area contributed by atoms with E-state index in [1.807, 2.05) is 0 Å². The van der Waals surface area contributed by atoms with Gasteiger partial charge in [-0.25, -0.2) is 0 Å². The van der Waals surface area contributed by atoms with Crippen LogP contribution in [0.15, 0.2) is 0 Å². The highest BCUT2D eigenvalue weighted by Crippen LogP contribution is 2.40. The van der Waals surface area contributed by atoms with Crippen molar-refractivity contribution in [3.63, 3.8) is 0 Å². The first-order valence-electron chi connectivity index (χ1n) is 7.79. The molecule has 1 aliphatic heterocycles. The number of hydrogen-bond acceptors (Lipinski definition) is 4. The van der Waals surface area contributed by atoms with Crippen molar-refractivity contribution in [1.82, 2.24) is 10.2 Å². The Morgan fingerprint density at radius 1 is 1.26 bits per heavy atom. The molecule has 0 aromatic heterocycles. The topological polar surface area (TPSA) is 33.7 Å². The minimum absolute atomic E-state index is 0.355. The fourth-order valence-electron chi connectivity index (χ4n) is 3.10. The van der Waals surface area contributed by atoms with Crippen LogP contribution in [0.2, 0.25) is 0 Å². The van der Waals surface area contributed by atoms with Crippen molar-refractivity contribution in [3.8, 4) is 0 Å². The molecule has 1 aliphatic carbocycles. The lowest BCUT2D eigenvalue weighted by Crippen LogP contribution is -2.51. The van der Waals surface area contributed by atoms with Gasteiger partial charge in [-0.15, -0.1) is 0 Å². The highest BCUT2D eigenvalue weighted by Gasteiger charge is 2.42. The predicted octanol–water partition coefficient (Wildman–Crippen LogP) is 1.50. The van der Waals surface area contributed by atoms with E-state index in [1.54, 1.807) is 7.11 Å². The first kappa shape index (κ1) is 15.2. The van der Waals surface area contributed by atoms with Crippen LogP contribution in [0.25, 0.3) is 0 Å². The maximum atomic E-state index is 5.54. The van der Waals surface area contributed by atoms with Gasteiger partial charge in [-0.2, -0.15) is 0 Å². The van der Waals surface area contributed by atoms with Crippen LogP contribution in [0.4, 0.5) is 0 Å². The van der Waals surface area contributed by atoms with Crippen LogP contribution in [-0.4, -0.2) is 63.5 Å². The number of nitrogens with one attached hydrogen (secondary N) is 1. The molecule has 0 spiro atoms. The molecule has 1 unspecified atom stereocenters. The van der Waals surface area contributed by atoms with E-state index in [0.29, 0.717) is 12.1 Å². The van der Waals surface area contributed by atoms with Gasteiger partial charge in [0.05, 0.1) is 13.2 Å². The molecule has 2 rings (SSSR count). The summed E-state index contributed by atoms with van der Waals surface area (Å²) in [5, 5.41) is 3.78. The Hall–Kier alpha value is -0.160. The predicted molar refractivity (Wildman–Crippen MR) is 77.5 cm³/mol. The number of nitrogens with zero attached hydrogens (tertiary/aromatic N) is 1. The Kier molecular flexibility index (Phi) is 6.07. The zero-order valence-electron chi connectivity index (χ0n) is 12.6. The van der Waals surface area contributed by atoms with E-state index in [0.717, 1.165) is 32.1 Å². The number of ether oxygens (including phenoxy) is 2. The third-order valence-corrected chi connectivity index (χ3v) is 4.41. The minimum Gasteiger partial charge on any atom is -0.382 e. The smallest absolute Gasteiger partial charge is 0.0700 e. The third-order valence-electron chi connectivity index (χ3n) is 4.41. The van der Waals surface area contributed by atoms with Gasteiger partial charge >= 0.3 is 0 Å². The molecule has 0 bridgehead atoms. The van der Waals surface area contributed by atoms with Gasteiger partial charge < -0.3 is 19.7 Å². The molecule has 1 N–H and O–H groups in total. The molecule has 19 heavy (non-hydrogen) atoms. The Morgan fingerprint density at radius 3 is 2.84 bits per heavy atom. The zero-order chi connectivity index (χ0) is 13.6. The number of hydrogen-bond donors (Lipinski definition) is 1. The van der Waals surface area contributed by atoms with Crippen molar-refractivity contribution in [2.45, 2.75) is 38.1 Å². The van der Waals surface area contributed by atoms with Crippen LogP contribution in [0.3, 0.4) is 0 Å². The largest absolute Gasteiger partial charge is 0.382 e. The molecule has 0 radical (unpaired) electrons. The molecule has 1 heterocycles. The summed E-state index contributed by atoms with van der Waals surface area (Å²) in [6.07, 6.45) is 5.23. The number of rotatable bonds is 8. The highest BCUT2D eigenvalue weighted by atomic mass is 16.5. The van der Waals surface area contributed by atoms with Gasteiger partial charge in [-0.1, -0.05) is 0 Å². The van der Waals surface area contributed by atoms with Gasteiger partial charge in [-0.05, 0) is 51.6 Å². The first-order valence-corrected chi connectivity index (χ1v) is 7.79. The van der Waals surface area contributed by atoms with Crippen molar-refractivity contribution in [3.05, 3.63) is 0 Å². The van der Waals surface area contributed by atoms with E-state index in [4.69, 9.17) is 9.47 Å². The van der Waals surface area contributed by atoms with Crippen LogP contribution >= 0.6 is 0 Å². The second-order valence-corrected chi connectivity index (χ2v) is 6.21. The highest BCUT2D eigenvalue weighted by molar-refractivity contribution is 5.00. The van der Waals surface area contributed by atoms with Gasteiger partial charge in [-0.3, -0.25) is 0 Å². The SMILES string of the molecule is COCCOCCCN1CCCNC(C)(C2CC2)C1. The fraction of sp³-hybridized carbons (Fsp3) is 1.00. The Balaban J connectivity index is 1.64. The number of methoxy groups -OCH3 is 1. The molecule has 4 nitrogen and oxygen atoms in total. The summed E-state index contributed by atoms with van der Waals surface area (Å²) in [4.78, 5) is 2.62. The van der Waals surface area contributed by atoms with Gasteiger partial charge in [0, 0.05) is 32.3 Å². The van der Waals surface area contributed by atoms with Gasteiger partial charge in [0.25, 0.3) is 0 Å². The van der Waals surface area contributed by atoms with E-state index in [-0.39, 0.29) is 0 Å². The fourth-order valence-corrected chi connectivity index (χ4v) is 3.10. The first-order chi connectivity index (χ1) is 9.24. The standard InChI is InChI=1S/C15H30N2O2/c1-15(14-5-6-14)13-17(8-3-7-16-15)9-4-10-19-12-11-18-2/h14,16H,3-13H2,1-2H3. The summed E-state index contributed by atoms with van der Waals surface area (Å²) in [5.74, 6) is 0.908. The molecule has 1 saturated heterocycles. The maximum absolute atomic E-state index is 5.54. The molecular formula is C15H30N2O2. The molecule has 112 valence electrons. The van der Waals surface area contributed by atoms with Crippen LogP contribution < -0.4 is 5.32 Å². The Morgan fingerprint density at radius 2 is 2.11 bits per heavy atom. The van der Waals surface area contributed by atoms with E-state index < -0.39 is 0 Å². The normalized spacial score (nSPS) is 29.4. The van der Waals surface area contributed by atoms with Crippen molar-refractivity contribution < 1.29 is 9.47 Å². The molecule has 2 aliphatic rings. The van der Waals surface area contributed by atoms with Crippen LogP contribution in [-0.2, 0) is 9.47 Å².